The highest BCUT2D eigenvalue weighted by molar-refractivity contribution is 5.98. The van der Waals surface area contributed by atoms with Crippen molar-refractivity contribution in [1.29, 1.82) is 0 Å². The Morgan fingerprint density at radius 3 is 2.31 bits per heavy atom. The van der Waals surface area contributed by atoms with Gasteiger partial charge in [-0.25, -0.2) is 9.97 Å². The topological polar surface area (TPSA) is 79.8 Å². The summed E-state index contributed by atoms with van der Waals surface area (Å²) in [6.45, 7) is 1.84. The molecule has 8 nitrogen and oxygen atoms in total. The standard InChI is InChI=1S/C21H18F3N7O/c1-11-2-4-13(19(28-11)31-26-8-9-27-31)20(32)29-14-5-6-15(29)18-17(14)30(18)16-7-3-12(10-25-16)21(22,23)24/h2-4,7-10,14-15,17-18H,5-6H2,1H3. The molecule has 4 atom stereocenters. The van der Waals surface area contributed by atoms with Crippen molar-refractivity contribution in [3.8, 4) is 5.82 Å². The number of hydrogen-bond acceptors (Lipinski definition) is 6. The molecule has 11 heteroatoms. The number of carbonyl (C=O) groups excluding carboxylic acids is 1. The average molecular weight is 441 g/mol. The lowest BCUT2D eigenvalue weighted by atomic mass is 10.0. The van der Waals surface area contributed by atoms with Crippen molar-refractivity contribution >= 4 is 11.7 Å². The molecule has 3 saturated heterocycles. The van der Waals surface area contributed by atoms with Crippen molar-refractivity contribution in [2.45, 2.75) is 50.1 Å². The molecule has 3 aromatic rings. The van der Waals surface area contributed by atoms with Crippen LogP contribution in [0.5, 0.6) is 0 Å². The molecule has 0 aliphatic carbocycles. The van der Waals surface area contributed by atoms with E-state index >= 15 is 0 Å². The summed E-state index contributed by atoms with van der Waals surface area (Å²) in [5, 5.41) is 8.25. The van der Waals surface area contributed by atoms with Crippen molar-refractivity contribution in [2.24, 2.45) is 0 Å². The largest absolute Gasteiger partial charge is 0.417 e. The van der Waals surface area contributed by atoms with Crippen molar-refractivity contribution in [3.05, 3.63) is 59.7 Å². The molecule has 6 rings (SSSR count). The van der Waals surface area contributed by atoms with Crippen LogP contribution in [0.4, 0.5) is 19.0 Å². The lowest BCUT2D eigenvalue weighted by Crippen LogP contribution is -2.43. The molecule has 3 aliphatic rings. The molecule has 4 unspecified atom stereocenters. The summed E-state index contributed by atoms with van der Waals surface area (Å²) >= 11 is 0. The Morgan fingerprint density at radius 1 is 1.03 bits per heavy atom. The number of hydrogen-bond donors (Lipinski definition) is 0. The maximum Gasteiger partial charge on any atom is 0.417 e. The molecule has 0 radical (unpaired) electrons. The van der Waals surface area contributed by atoms with Crippen LogP contribution in [0.2, 0.25) is 0 Å². The van der Waals surface area contributed by atoms with E-state index in [4.69, 9.17) is 0 Å². The molecule has 6 heterocycles. The normalized spacial score (nSPS) is 25.9. The second kappa shape index (κ2) is 6.50. The van der Waals surface area contributed by atoms with Gasteiger partial charge in [-0.3, -0.25) is 4.79 Å². The van der Waals surface area contributed by atoms with Gasteiger partial charge < -0.3 is 9.80 Å². The Bertz CT molecular complexity index is 1180. The van der Waals surface area contributed by atoms with Crippen LogP contribution in [-0.4, -0.2) is 59.9 Å². The Kier molecular flexibility index (Phi) is 3.90. The van der Waals surface area contributed by atoms with Crippen LogP contribution >= 0.6 is 0 Å². The van der Waals surface area contributed by atoms with Gasteiger partial charge in [0.1, 0.15) is 5.82 Å². The van der Waals surface area contributed by atoms with E-state index in [0.29, 0.717) is 17.2 Å². The Morgan fingerprint density at radius 2 is 1.72 bits per heavy atom. The molecule has 32 heavy (non-hydrogen) atoms. The Hall–Kier alpha value is -3.50. The minimum Gasteiger partial charge on any atom is -0.342 e. The van der Waals surface area contributed by atoms with Gasteiger partial charge in [0.25, 0.3) is 5.91 Å². The number of pyridine rings is 2. The fourth-order valence-corrected chi connectivity index (χ4v) is 5.27. The van der Waals surface area contributed by atoms with E-state index in [1.807, 2.05) is 16.7 Å². The fraction of sp³-hybridized carbons (Fsp3) is 0.381. The number of halogens is 3. The van der Waals surface area contributed by atoms with Gasteiger partial charge in [-0.15, -0.1) is 4.80 Å². The number of alkyl halides is 3. The lowest BCUT2D eigenvalue weighted by Gasteiger charge is -2.28. The molecule has 1 amide bonds. The zero-order valence-corrected chi connectivity index (χ0v) is 16.9. The van der Waals surface area contributed by atoms with Crippen molar-refractivity contribution in [2.75, 3.05) is 4.90 Å². The van der Waals surface area contributed by atoms with E-state index in [2.05, 4.69) is 20.2 Å². The minimum absolute atomic E-state index is 0.0127. The highest BCUT2D eigenvalue weighted by Crippen LogP contribution is 2.54. The molecule has 0 spiro atoms. The monoisotopic (exact) mass is 441 g/mol. The van der Waals surface area contributed by atoms with Crippen LogP contribution in [-0.2, 0) is 6.18 Å². The van der Waals surface area contributed by atoms with Crippen molar-refractivity contribution in [3.63, 3.8) is 0 Å². The van der Waals surface area contributed by atoms with E-state index in [1.165, 1.54) is 23.3 Å². The quantitative estimate of drug-likeness (QED) is 0.582. The molecule has 164 valence electrons. The van der Waals surface area contributed by atoms with Crippen LogP contribution in [0.1, 0.15) is 34.5 Å². The number of anilines is 1. The van der Waals surface area contributed by atoms with E-state index < -0.39 is 11.7 Å². The summed E-state index contributed by atoms with van der Waals surface area (Å²) in [6, 6.07) is 6.14. The molecule has 0 saturated carbocycles. The first-order valence-corrected chi connectivity index (χ1v) is 10.3. The third-order valence-electron chi connectivity index (χ3n) is 6.59. The van der Waals surface area contributed by atoms with E-state index in [1.54, 1.807) is 12.1 Å². The molecule has 0 aromatic carbocycles. The Balaban J connectivity index is 1.27. The molecule has 2 bridgehead atoms. The highest BCUT2D eigenvalue weighted by atomic mass is 19.4. The third kappa shape index (κ3) is 2.73. The first kappa shape index (κ1) is 19.2. The smallest absolute Gasteiger partial charge is 0.342 e. The van der Waals surface area contributed by atoms with Crippen LogP contribution in [0, 0.1) is 6.92 Å². The Labute approximate surface area is 180 Å². The van der Waals surface area contributed by atoms with Crippen LogP contribution in [0.3, 0.4) is 0 Å². The zero-order chi connectivity index (χ0) is 22.2. The van der Waals surface area contributed by atoms with Crippen molar-refractivity contribution < 1.29 is 18.0 Å². The van der Waals surface area contributed by atoms with Gasteiger partial charge in [-0.2, -0.15) is 23.4 Å². The number of fused-ring (bicyclic) bond motifs is 5. The van der Waals surface area contributed by atoms with Crippen LogP contribution in [0.15, 0.2) is 42.9 Å². The highest BCUT2D eigenvalue weighted by Gasteiger charge is 2.69. The van der Waals surface area contributed by atoms with Crippen molar-refractivity contribution in [1.82, 2.24) is 29.9 Å². The second-order valence-corrected chi connectivity index (χ2v) is 8.36. The minimum atomic E-state index is -4.41. The molecular formula is C21H18F3N7O. The summed E-state index contributed by atoms with van der Waals surface area (Å²) in [5.41, 5.74) is 0.421. The number of nitrogens with zero attached hydrogens (tertiary/aromatic N) is 7. The van der Waals surface area contributed by atoms with Gasteiger partial charge in [-0.05, 0) is 44.0 Å². The summed E-state index contributed by atoms with van der Waals surface area (Å²) < 4.78 is 38.5. The fourth-order valence-electron chi connectivity index (χ4n) is 5.27. The van der Waals surface area contributed by atoms with Gasteiger partial charge in [0.2, 0.25) is 0 Å². The number of carbonyl (C=O) groups is 1. The summed E-state index contributed by atoms with van der Waals surface area (Å²) in [6.07, 6.45) is 1.22. The first-order chi connectivity index (χ1) is 15.3. The van der Waals surface area contributed by atoms with Gasteiger partial charge >= 0.3 is 6.18 Å². The number of aromatic nitrogens is 5. The SMILES string of the molecule is Cc1ccc(C(=O)N2C3CCC2C2C3N2c2ccc(C(F)(F)F)cn2)c(-n2nccn2)n1. The van der Waals surface area contributed by atoms with Gasteiger partial charge in [0.05, 0.1) is 47.7 Å². The van der Waals surface area contributed by atoms with E-state index in [0.717, 1.165) is 30.8 Å². The third-order valence-corrected chi connectivity index (χ3v) is 6.59. The molecule has 0 N–H and O–H groups in total. The maximum absolute atomic E-state index is 13.6. The molecule has 3 aromatic heterocycles. The average Bonchev–Trinajstić information content (AvgIpc) is 3.12. The zero-order valence-electron chi connectivity index (χ0n) is 16.9. The molecular weight excluding hydrogens is 423 g/mol. The number of amides is 1. The lowest BCUT2D eigenvalue weighted by molar-refractivity contribution is -0.137. The summed E-state index contributed by atoms with van der Waals surface area (Å²) in [7, 11) is 0. The van der Waals surface area contributed by atoms with Gasteiger partial charge in [0.15, 0.2) is 5.82 Å². The number of aryl methyl sites for hydroxylation is 1. The number of piperazine rings is 1. The van der Waals surface area contributed by atoms with E-state index in [9.17, 15) is 18.0 Å². The molecule has 3 aliphatic heterocycles. The van der Waals surface area contributed by atoms with E-state index in [-0.39, 0.29) is 30.1 Å². The van der Waals surface area contributed by atoms with Gasteiger partial charge in [0, 0.05) is 11.9 Å². The van der Waals surface area contributed by atoms with Gasteiger partial charge in [-0.1, -0.05) is 0 Å². The second-order valence-electron chi connectivity index (χ2n) is 8.36. The first-order valence-electron chi connectivity index (χ1n) is 10.3. The summed E-state index contributed by atoms with van der Waals surface area (Å²) in [4.78, 5) is 27.4. The maximum atomic E-state index is 13.6. The van der Waals surface area contributed by atoms with Crippen LogP contribution < -0.4 is 4.90 Å². The predicted molar refractivity (Wildman–Crippen MR) is 106 cm³/mol. The number of rotatable bonds is 3. The van der Waals surface area contributed by atoms with Crippen LogP contribution in [0.25, 0.3) is 5.82 Å². The molecule has 3 fully saturated rings. The summed E-state index contributed by atoms with van der Waals surface area (Å²) in [5.74, 6) is 0.793. The predicted octanol–water partition coefficient (Wildman–Crippen LogP) is 2.63.